The number of halogens is 1. The average molecular weight is 432 g/mol. The number of piperidine rings is 1. The highest BCUT2D eigenvalue weighted by Gasteiger charge is 2.20. The van der Waals surface area contributed by atoms with E-state index in [9.17, 15) is 9.50 Å². The molecule has 1 fully saturated rings. The highest BCUT2D eigenvalue weighted by Crippen LogP contribution is 2.33. The molecule has 1 aliphatic rings. The summed E-state index contributed by atoms with van der Waals surface area (Å²) in [6.07, 6.45) is 3.83. The fourth-order valence-corrected chi connectivity index (χ4v) is 4.67. The van der Waals surface area contributed by atoms with E-state index in [-0.39, 0.29) is 13.2 Å². The van der Waals surface area contributed by atoms with Gasteiger partial charge in [-0.25, -0.2) is 14.4 Å². The van der Waals surface area contributed by atoms with Crippen molar-refractivity contribution in [2.45, 2.75) is 25.4 Å². The molecular formula is C22H26FN3O3S. The van der Waals surface area contributed by atoms with Crippen molar-refractivity contribution in [3.63, 3.8) is 0 Å². The first-order valence-corrected chi connectivity index (χ1v) is 11.1. The summed E-state index contributed by atoms with van der Waals surface area (Å²) in [5, 5.41) is 19.3. The first-order valence-electron chi connectivity index (χ1n) is 10.3. The van der Waals surface area contributed by atoms with Crippen LogP contribution in [-0.2, 0) is 0 Å². The fourth-order valence-electron chi connectivity index (χ4n) is 3.69. The number of fused-ring (bicyclic) bond motifs is 1. The van der Waals surface area contributed by atoms with E-state index in [1.54, 1.807) is 17.4 Å². The third-order valence-electron chi connectivity index (χ3n) is 5.45. The van der Waals surface area contributed by atoms with Crippen LogP contribution in [0.4, 0.5) is 10.2 Å². The molecule has 0 saturated carbocycles. The van der Waals surface area contributed by atoms with Gasteiger partial charge >= 0.3 is 0 Å². The molecular weight excluding hydrogens is 405 g/mol. The van der Waals surface area contributed by atoms with Gasteiger partial charge in [0.15, 0.2) is 0 Å². The van der Waals surface area contributed by atoms with Crippen LogP contribution in [0.5, 0.6) is 5.75 Å². The average Bonchev–Trinajstić information content (AvgIpc) is 3.22. The van der Waals surface area contributed by atoms with Gasteiger partial charge in [-0.05, 0) is 55.5 Å². The molecule has 160 valence electrons. The first-order chi connectivity index (χ1) is 14.7. The Morgan fingerprint density at radius 1 is 1.23 bits per heavy atom. The van der Waals surface area contributed by atoms with Crippen molar-refractivity contribution in [1.82, 2.24) is 9.97 Å². The van der Waals surface area contributed by atoms with Crippen molar-refractivity contribution in [3.8, 4) is 16.3 Å². The minimum atomic E-state index is -1.11. The number of rotatable bonds is 8. The second-order valence-corrected chi connectivity index (χ2v) is 8.65. The molecule has 0 spiro atoms. The molecule has 2 N–H and O–H groups in total. The maximum Gasteiger partial charge on any atom is 0.128 e. The number of benzene rings is 1. The van der Waals surface area contributed by atoms with Crippen LogP contribution in [0.3, 0.4) is 0 Å². The van der Waals surface area contributed by atoms with Crippen molar-refractivity contribution in [1.29, 1.82) is 0 Å². The minimum Gasteiger partial charge on any atom is -0.491 e. The maximum absolute atomic E-state index is 12.4. The number of aromatic nitrogens is 2. The Labute approximate surface area is 179 Å². The SMILES string of the molecule is OCCC1CCN(c2ccc(-c3nc4ccc(OCC(O)CF)cc4s3)cn2)CC1. The molecule has 3 aromatic rings. The third kappa shape index (κ3) is 4.88. The van der Waals surface area contributed by atoms with Gasteiger partial charge in [0.2, 0.25) is 0 Å². The Hall–Kier alpha value is -2.29. The van der Waals surface area contributed by atoms with Gasteiger partial charge in [0.1, 0.15) is 36.0 Å². The molecule has 0 amide bonds. The molecule has 1 unspecified atom stereocenters. The zero-order valence-electron chi connectivity index (χ0n) is 16.7. The number of anilines is 1. The van der Waals surface area contributed by atoms with E-state index in [2.05, 4.69) is 20.9 Å². The molecule has 8 heteroatoms. The normalized spacial score (nSPS) is 16.2. The van der Waals surface area contributed by atoms with Crippen LogP contribution in [0.15, 0.2) is 36.5 Å². The molecule has 1 aliphatic heterocycles. The van der Waals surface area contributed by atoms with Crippen molar-refractivity contribution in [2.75, 3.05) is 37.9 Å². The van der Waals surface area contributed by atoms with Gasteiger partial charge in [-0.15, -0.1) is 11.3 Å². The lowest BCUT2D eigenvalue weighted by molar-refractivity contribution is 0.0842. The summed E-state index contributed by atoms with van der Waals surface area (Å²) in [6, 6.07) is 9.60. The first kappa shape index (κ1) is 21.0. The Kier molecular flexibility index (Phi) is 6.76. The lowest BCUT2D eigenvalue weighted by Gasteiger charge is -2.32. The summed E-state index contributed by atoms with van der Waals surface area (Å²) in [5.74, 6) is 2.18. The number of pyridine rings is 1. The molecule has 0 aliphatic carbocycles. The smallest absolute Gasteiger partial charge is 0.128 e. The highest BCUT2D eigenvalue weighted by atomic mass is 32.1. The number of hydrogen-bond donors (Lipinski definition) is 2. The summed E-state index contributed by atoms with van der Waals surface area (Å²) < 4.78 is 18.8. The van der Waals surface area contributed by atoms with Crippen molar-refractivity contribution >= 4 is 27.4 Å². The van der Waals surface area contributed by atoms with Gasteiger partial charge in [-0.3, -0.25) is 0 Å². The lowest BCUT2D eigenvalue weighted by atomic mass is 9.94. The molecule has 1 atom stereocenters. The topological polar surface area (TPSA) is 78.7 Å². The van der Waals surface area contributed by atoms with Gasteiger partial charge < -0.3 is 19.8 Å². The molecule has 30 heavy (non-hydrogen) atoms. The number of hydrogen-bond acceptors (Lipinski definition) is 7. The van der Waals surface area contributed by atoms with Gasteiger partial charge in [-0.1, -0.05) is 0 Å². The Balaban J connectivity index is 1.43. The van der Waals surface area contributed by atoms with E-state index in [1.807, 2.05) is 24.4 Å². The maximum atomic E-state index is 12.4. The van der Waals surface area contributed by atoms with Crippen LogP contribution in [0.1, 0.15) is 19.3 Å². The summed E-state index contributed by atoms with van der Waals surface area (Å²) in [4.78, 5) is 11.6. The lowest BCUT2D eigenvalue weighted by Crippen LogP contribution is -2.34. The monoisotopic (exact) mass is 431 g/mol. The molecule has 0 bridgehead atoms. The summed E-state index contributed by atoms with van der Waals surface area (Å²) >= 11 is 1.55. The quantitative estimate of drug-likeness (QED) is 0.567. The van der Waals surface area contributed by atoms with Gasteiger partial charge in [0, 0.05) is 31.5 Å². The van der Waals surface area contributed by atoms with E-state index in [4.69, 9.17) is 9.84 Å². The van der Waals surface area contributed by atoms with Gasteiger partial charge in [0.25, 0.3) is 0 Å². The van der Waals surface area contributed by atoms with Gasteiger partial charge in [-0.2, -0.15) is 0 Å². The third-order valence-corrected chi connectivity index (χ3v) is 6.52. The molecule has 1 aromatic carbocycles. The van der Waals surface area contributed by atoms with Crippen molar-refractivity contribution in [2.24, 2.45) is 5.92 Å². The van der Waals surface area contributed by atoms with E-state index in [0.29, 0.717) is 11.7 Å². The van der Waals surface area contributed by atoms with Gasteiger partial charge in [0.05, 0.1) is 10.2 Å². The van der Waals surface area contributed by atoms with E-state index in [0.717, 1.165) is 59.0 Å². The number of nitrogens with zero attached hydrogens (tertiary/aromatic N) is 3. The van der Waals surface area contributed by atoms with Crippen molar-refractivity contribution in [3.05, 3.63) is 36.5 Å². The zero-order valence-corrected chi connectivity index (χ0v) is 17.5. The number of aliphatic hydroxyl groups excluding tert-OH is 2. The zero-order chi connectivity index (χ0) is 20.9. The molecule has 6 nitrogen and oxygen atoms in total. The standard InChI is InChI=1S/C22H26FN3O3S/c23-12-17(28)14-29-18-2-3-19-20(11-18)30-22(25-19)16-1-4-21(24-13-16)26-8-5-15(6-9-26)7-10-27/h1-4,11,13,15,17,27-28H,5-10,12,14H2. The molecule has 1 saturated heterocycles. The van der Waals surface area contributed by atoms with E-state index in [1.165, 1.54) is 0 Å². The largest absolute Gasteiger partial charge is 0.491 e. The summed E-state index contributed by atoms with van der Waals surface area (Å²) in [5.41, 5.74) is 1.83. The molecule has 0 radical (unpaired) electrons. The number of thiazole rings is 1. The van der Waals surface area contributed by atoms with Crippen molar-refractivity contribution < 1.29 is 19.3 Å². The Bertz CT molecular complexity index is 958. The van der Waals surface area contributed by atoms with Crippen LogP contribution in [0.2, 0.25) is 0 Å². The van der Waals surface area contributed by atoms with Crippen LogP contribution < -0.4 is 9.64 Å². The number of aliphatic hydroxyl groups is 2. The number of ether oxygens (including phenoxy) is 1. The van der Waals surface area contributed by atoms with Crippen LogP contribution in [-0.4, -0.2) is 59.3 Å². The van der Waals surface area contributed by atoms with Crippen LogP contribution in [0.25, 0.3) is 20.8 Å². The molecule has 3 heterocycles. The van der Waals surface area contributed by atoms with E-state index >= 15 is 0 Å². The van der Waals surface area contributed by atoms with Crippen LogP contribution >= 0.6 is 11.3 Å². The summed E-state index contributed by atoms with van der Waals surface area (Å²) in [7, 11) is 0. The minimum absolute atomic E-state index is 0.0731. The predicted molar refractivity (Wildman–Crippen MR) is 117 cm³/mol. The molecule has 4 rings (SSSR count). The number of alkyl halides is 1. The second kappa shape index (κ2) is 9.68. The predicted octanol–water partition coefficient (Wildman–Crippen LogP) is 3.67. The fraction of sp³-hybridized carbons (Fsp3) is 0.455. The second-order valence-electron chi connectivity index (χ2n) is 7.62. The Morgan fingerprint density at radius 3 is 2.77 bits per heavy atom. The molecule has 2 aromatic heterocycles. The van der Waals surface area contributed by atoms with Crippen LogP contribution in [0, 0.1) is 5.92 Å². The summed E-state index contributed by atoms with van der Waals surface area (Å²) in [6.45, 7) is 1.32. The van der Waals surface area contributed by atoms with E-state index < -0.39 is 12.8 Å². The highest BCUT2D eigenvalue weighted by molar-refractivity contribution is 7.21. The Morgan fingerprint density at radius 2 is 2.07 bits per heavy atom.